The van der Waals surface area contributed by atoms with Crippen LogP contribution in [0.1, 0.15) is 50.7 Å². The zero-order valence-electron chi connectivity index (χ0n) is 20.7. The second-order valence-electron chi connectivity index (χ2n) is 11.0. The molecule has 2 aliphatic carbocycles. The van der Waals surface area contributed by atoms with E-state index >= 15 is 0 Å². The van der Waals surface area contributed by atoms with Crippen molar-refractivity contribution in [1.29, 1.82) is 5.26 Å². The molecular weight excluding hydrogens is 483 g/mol. The predicted octanol–water partition coefficient (Wildman–Crippen LogP) is 3.94. The van der Waals surface area contributed by atoms with Gasteiger partial charge in [-0.2, -0.15) is 18.4 Å². The van der Waals surface area contributed by atoms with Gasteiger partial charge in [-0.15, -0.1) is 0 Å². The Balaban J connectivity index is 1.30. The zero-order valence-corrected chi connectivity index (χ0v) is 20.7. The lowest BCUT2D eigenvalue weighted by Crippen LogP contribution is -2.59. The Morgan fingerprint density at radius 3 is 2.54 bits per heavy atom. The van der Waals surface area contributed by atoms with E-state index in [0.29, 0.717) is 31.0 Å². The van der Waals surface area contributed by atoms with Crippen molar-refractivity contribution in [3.05, 3.63) is 35.8 Å². The Hall–Kier alpha value is -3.42. The van der Waals surface area contributed by atoms with Gasteiger partial charge in [0.2, 0.25) is 5.91 Å². The van der Waals surface area contributed by atoms with E-state index in [1.165, 1.54) is 0 Å². The van der Waals surface area contributed by atoms with Gasteiger partial charge in [0.1, 0.15) is 23.8 Å². The van der Waals surface area contributed by atoms with E-state index in [2.05, 4.69) is 25.8 Å². The van der Waals surface area contributed by atoms with Crippen molar-refractivity contribution in [3.8, 4) is 6.07 Å². The van der Waals surface area contributed by atoms with E-state index in [9.17, 15) is 23.2 Å². The second kappa shape index (κ2) is 8.30. The lowest BCUT2D eigenvalue weighted by Gasteiger charge is -2.47. The van der Waals surface area contributed by atoms with Crippen molar-refractivity contribution >= 4 is 23.4 Å². The molecule has 194 valence electrons. The number of anilines is 3. The van der Waals surface area contributed by atoms with E-state index in [4.69, 9.17) is 4.98 Å². The molecule has 0 aromatic carbocycles. The number of rotatable bonds is 3. The molecule has 1 amide bonds. The molecule has 1 unspecified atom stereocenters. The van der Waals surface area contributed by atoms with Crippen molar-refractivity contribution < 1.29 is 18.0 Å². The van der Waals surface area contributed by atoms with Gasteiger partial charge in [-0.05, 0) is 45.2 Å². The third-order valence-corrected chi connectivity index (χ3v) is 8.59. The SMILES string of the molecule is C[C@@H]1CN(c2ncnc3c2C2(CCC2)CN3c2cc(C#N)ccn2)[C@@H](C)CN1C(=O)C1C[C@H]1C(F)(F)F. The number of aromatic nitrogens is 3. The molecule has 2 saturated carbocycles. The molecule has 4 heterocycles. The molecule has 6 rings (SSSR count). The maximum absolute atomic E-state index is 13.1. The first kappa shape index (κ1) is 23.9. The number of nitrogens with zero attached hydrogens (tertiary/aromatic N) is 7. The molecule has 1 saturated heterocycles. The molecule has 11 heteroatoms. The minimum absolute atomic E-state index is 0.109. The van der Waals surface area contributed by atoms with E-state index < -0.39 is 18.0 Å². The fourth-order valence-corrected chi connectivity index (χ4v) is 6.33. The van der Waals surface area contributed by atoms with Crippen molar-refractivity contribution in [3.63, 3.8) is 0 Å². The fraction of sp³-hybridized carbons (Fsp3) is 0.577. The molecule has 2 aromatic rings. The minimum atomic E-state index is -4.32. The first-order valence-corrected chi connectivity index (χ1v) is 12.8. The molecule has 0 N–H and O–H groups in total. The molecule has 0 bridgehead atoms. The number of nitriles is 1. The third kappa shape index (κ3) is 3.80. The normalized spacial score (nSPS) is 28.1. The Morgan fingerprint density at radius 2 is 1.89 bits per heavy atom. The molecule has 1 spiro atoms. The lowest BCUT2D eigenvalue weighted by atomic mass is 9.66. The van der Waals surface area contributed by atoms with Crippen molar-refractivity contribution in [2.75, 3.05) is 29.4 Å². The molecule has 4 atom stereocenters. The summed E-state index contributed by atoms with van der Waals surface area (Å²) in [6, 6.07) is 5.25. The maximum Gasteiger partial charge on any atom is 0.392 e. The van der Waals surface area contributed by atoms with E-state index in [1.54, 1.807) is 29.6 Å². The van der Waals surface area contributed by atoms with E-state index in [1.807, 2.05) is 13.8 Å². The average Bonchev–Trinajstić information content (AvgIpc) is 3.59. The van der Waals surface area contributed by atoms with E-state index in [-0.39, 0.29) is 29.8 Å². The number of alkyl halides is 3. The summed E-state index contributed by atoms with van der Waals surface area (Å²) in [5.74, 6) is -0.559. The zero-order chi connectivity index (χ0) is 26.1. The van der Waals surface area contributed by atoms with Crippen LogP contribution in [0.2, 0.25) is 0 Å². The number of carbonyl (C=O) groups is 1. The number of hydrogen-bond acceptors (Lipinski definition) is 7. The van der Waals surface area contributed by atoms with Crippen LogP contribution >= 0.6 is 0 Å². The van der Waals surface area contributed by atoms with Gasteiger partial charge in [-0.3, -0.25) is 4.79 Å². The van der Waals surface area contributed by atoms with Crippen LogP contribution in [-0.4, -0.2) is 63.7 Å². The summed E-state index contributed by atoms with van der Waals surface area (Å²) >= 11 is 0. The number of hydrogen-bond donors (Lipinski definition) is 0. The first-order chi connectivity index (χ1) is 17.6. The monoisotopic (exact) mass is 511 g/mol. The van der Waals surface area contributed by atoms with Gasteiger partial charge in [0.05, 0.1) is 23.5 Å². The minimum Gasteiger partial charge on any atom is -0.350 e. The van der Waals surface area contributed by atoms with Crippen molar-refractivity contribution in [1.82, 2.24) is 19.9 Å². The number of amides is 1. The van der Waals surface area contributed by atoms with Crippen LogP contribution in [0.15, 0.2) is 24.7 Å². The second-order valence-corrected chi connectivity index (χ2v) is 11.0. The molecule has 2 aromatic heterocycles. The highest BCUT2D eigenvalue weighted by molar-refractivity contribution is 5.83. The van der Waals surface area contributed by atoms with Gasteiger partial charge in [-0.1, -0.05) is 6.42 Å². The first-order valence-electron chi connectivity index (χ1n) is 12.8. The van der Waals surface area contributed by atoms with Crippen LogP contribution in [0.25, 0.3) is 0 Å². The van der Waals surface area contributed by atoms with Gasteiger partial charge in [0, 0.05) is 48.9 Å². The van der Waals surface area contributed by atoms with Gasteiger partial charge < -0.3 is 14.7 Å². The molecule has 4 aliphatic rings. The number of piperazine rings is 1. The van der Waals surface area contributed by atoms with Crippen molar-refractivity contribution in [2.45, 2.75) is 63.2 Å². The number of fused-ring (bicyclic) bond motifs is 2. The van der Waals surface area contributed by atoms with Crippen LogP contribution in [0.4, 0.5) is 30.6 Å². The number of pyridine rings is 1. The molecule has 37 heavy (non-hydrogen) atoms. The van der Waals surface area contributed by atoms with Gasteiger partial charge in [-0.25, -0.2) is 15.0 Å². The lowest BCUT2D eigenvalue weighted by molar-refractivity contribution is -0.158. The van der Waals surface area contributed by atoms with Crippen LogP contribution in [0, 0.1) is 23.2 Å². The third-order valence-electron chi connectivity index (χ3n) is 8.59. The molecular formula is C26H28F3N7O. The topological polar surface area (TPSA) is 89.2 Å². The predicted molar refractivity (Wildman–Crippen MR) is 129 cm³/mol. The maximum atomic E-state index is 13.1. The highest BCUT2D eigenvalue weighted by Crippen LogP contribution is 2.56. The summed E-state index contributed by atoms with van der Waals surface area (Å²) in [7, 11) is 0. The summed E-state index contributed by atoms with van der Waals surface area (Å²) in [6.45, 7) is 5.43. The number of halogens is 3. The Labute approximate surface area is 213 Å². The average molecular weight is 512 g/mol. The Bertz CT molecular complexity index is 1290. The summed E-state index contributed by atoms with van der Waals surface area (Å²) < 4.78 is 39.3. The highest BCUT2D eigenvalue weighted by atomic mass is 19.4. The Kier molecular flexibility index (Phi) is 5.37. The van der Waals surface area contributed by atoms with Crippen LogP contribution in [0.3, 0.4) is 0 Å². The fourth-order valence-electron chi connectivity index (χ4n) is 6.33. The van der Waals surface area contributed by atoms with Crippen LogP contribution in [0.5, 0.6) is 0 Å². The van der Waals surface area contributed by atoms with Gasteiger partial charge in [0.25, 0.3) is 0 Å². The summed E-state index contributed by atoms with van der Waals surface area (Å²) in [4.78, 5) is 32.7. The van der Waals surface area contributed by atoms with Crippen LogP contribution < -0.4 is 9.80 Å². The quantitative estimate of drug-likeness (QED) is 0.617. The number of carbonyl (C=O) groups excluding carboxylic acids is 1. The van der Waals surface area contributed by atoms with Gasteiger partial charge in [0.15, 0.2) is 0 Å². The Morgan fingerprint density at radius 1 is 1.14 bits per heavy atom. The standard InChI is InChI=1S/C26H28F3N7O/c1-15-12-35(24(37)18-9-19(18)26(27,28)29)16(2)11-34(15)22-21-23(33-14-32-22)36(13-25(21)5-3-6-25)20-8-17(10-30)4-7-31-20/h4,7-8,14-16,18-19H,3,5-6,9,11-13H2,1-2H3/t15-,16+,18?,19+/m0/s1. The highest BCUT2D eigenvalue weighted by Gasteiger charge is 2.60. The molecule has 2 aliphatic heterocycles. The molecule has 3 fully saturated rings. The summed E-state index contributed by atoms with van der Waals surface area (Å²) in [5, 5.41) is 9.37. The largest absolute Gasteiger partial charge is 0.392 e. The summed E-state index contributed by atoms with van der Waals surface area (Å²) in [6.07, 6.45) is 1.84. The van der Waals surface area contributed by atoms with E-state index in [0.717, 1.165) is 36.5 Å². The van der Waals surface area contributed by atoms with Crippen LogP contribution in [-0.2, 0) is 10.2 Å². The summed E-state index contributed by atoms with van der Waals surface area (Å²) in [5.41, 5.74) is 1.49. The smallest absolute Gasteiger partial charge is 0.350 e. The molecule has 0 radical (unpaired) electrons. The van der Waals surface area contributed by atoms with Gasteiger partial charge >= 0.3 is 6.18 Å². The molecule has 8 nitrogen and oxygen atoms in total. The van der Waals surface area contributed by atoms with Crippen molar-refractivity contribution in [2.24, 2.45) is 11.8 Å².